The molecule has 0 saturated carbocycles. The van der Waals surface area contributed by atoms with E-state index >= 15 is 0 Å². The topological polar surface area (TPSA) is 123 Å². The van der Waals surface area contributed by atoms with Gasteiger partial charge in [0.1, 0.15) is 11.9 Å². The minimum Gasteiger partial charge on any atom is -0.390 e. The van der Waals surface area contributed by atoms with Crippen LogP contribution in [0.4, 0.5) is 9.18 Å². The lowest BCUT2D eigenvalue weighted by Crippen LogP contribution is -2.57. The van der Waals surface area contributed by atoms with E-state index in [-0.39, 0.29) is 42.3 Å². The zero-order valence-electron chi connectivity index (χ0n) is 27.0. The molecular weight excluding hydrogens is 630 g/mol. The summed E-state index contributed by atoms with van der Waals surface area (Å²) in [7, 11) is -4.17. The highest BCUT2D eigenvalue weighted by Gasteiger charge is 2.40. The van der Waals surface area contributed by atoms with E-state index in [9.17, 15) is 27.5 Å². The number of amides is 3. The largest absolute Gasteiger partial charge is 0.390 e. The molecule has 2 N–H and O–H groups in total. The number of hydrogen-bond donors (Lipinski definition) is 2. The molecule has 46 heavy (non-hydrogen) atoms. The van der Waals surface area contributed by atoms with Crippen molar-refractivity contribution >= 4 is 33.3 Å². The number of aromatic nitrogens is 1. The number of hydrogen-bond acceptors (Lipinski definition) is 7. The van der Waals surface area contributed by atoms with Gasteiger partial charge in [-0.25, -0.2) is 22.6 Å². The van der Waals surface area contributed by atoms with Crippen LogP contribution in [-0.4, -0.2) is 88.9 Å². The Morgan fingerprint density at radius 1 is 1.09 bits per heavy atom. The van der Waals surface area contributed by atoms with Crippen molar-refractivity contribution in [3.8, 4) is 0 Å². The van der Waals surface area contributed by atoms with E-state index in [4.69, 9.17) is 0 Å². The molecule has 1 aliphatic rings. The monoisotopic (exact) mass is 673 g/mol. The van der Waals surface area contributed by atoms with Crippen LogP contribution in [0.3, 0.4) is 0 Å². The number of nitrogens with one attached hydrogen (secondary N) is 1. The van der Waals surface area contributed by atoms with Gasteiger partial charge in [-0.1, -0.05) is 64.1 Å². The minimum absolute atomic E-state index is 0.0765. The number of carbonyl (C=O) groups excluding carboxylic acids is 2. The van der Waals surface area contributed by atoms with E-state index in [1.807, 2.05) is 70.3 Å². The molecule has 0 radical (unpaired) electrons. The molecule has 4 rings (SSSR count). The second-order valence-corrected chi connectivity index (χ2v) is 15.5. The summed E-state index contributed by atoms with van der Waals surface area (Å²) in [5.74, 6) is -1.46. The van der Waals surface area contributed by atoms with E-state index in [2.05, 4.69) is 10.3 Å². The zero-order chi connectivity index (χ0) is 33.6. The van der Waals surface area contributed by atoms with Gasteiger partial charge in [-0.15, -0.1) is 11.3 Å². The molecule has 1 aromatic heterocycles. The van der Waals surface area contributed by atoms with Crippen LogP contribution < -0.4 is 5.32 Å². The molecule has 1 fully saturated rings. The number of urea groups is 1. The first-order valence-corrected chi connectivity index (χ1v) is 17.8. The summed E-state index contributed by atoms with van der Waals surface area (Å²) >= 11 is 1.52. The molecule has 0 unspecified atom stereocenters. The molecule has 250 valence electrons. The maximum Gasteiger partial charge on any atom is 0.321 e. The Hall–Kier alpha value is -3.39. The quantitative estimate of drug-likeness (QED) is 0.248. The summed E-state index contributed by atoms with van der Waals surface area (Å²) in [6.45, 7) is 10.2. The SMILES string of the molecule is Cc1nc(CN2CCN([C@H](C(=O)N[C@@H](Cc3ccccc3)[C@@H](O)CN(CC(C)C)S(=O)(=O)c3cccc(F)c3)C(C)C)C2=O)cs1. The summed E-state index contributed by atoms with van der Waals surface area (Å²) < 4.78 is 42.4. The fourth-order valence-electron chi connectivity index (χ4n) is 5.70. The number of halogens is 1. The number of rotatable bonds is 15. The Labute approximate surface area is 275 Å². The van der Waals surface area contributed by atoms with Gasteiger partial charge in [0.05, 0.1) is 34.3 Å². The molecule has 1 aliphatic heterocycles. The number of nitrogens with zero attached hydrogens (tertiary/aromatic N) is 4. The molecule has 10 nitrogen and oxygen atoms in total. The van der Waals surface area contributed by atoms with Crippen LogP contribution in [-0.2, 0) is 27.8 Å². The maximum absolute atomic E-state index is 14.0. The van der Waals surface area contributed by atoms with E-state index in [1.165, 1.54) is 29.5 Å². The van der Waals surface area contributed by atoms with Crippen molar-refractivity contribution in [3.05, 3.63) is 82.1 Å². The number of aliphatic hydroxyl groups is 1. The standard InChI is InChI=1S/C33H44FN5O5S2/c1-22(2)18-38(46(43,44)28-13-9-12-26(34)17-28)20-30(40)29(16-25-10-7-6-8-11-25)36-32(41)31(23(3)4)39-15-14-37(33(39)42)19-27-21-45-24(5)35-27/h6-13,17,21-23,29-31,40H,14-16,18-20H2,1-5H3,(H,36,41)/t29-,30-,31-/m0/s1. The first kappa shape index (κ1) is 35.5. The van der Waals surface area contributed by atoms with Crippen LogP contribution in [0.1, 0.15) is 44.0 Å². The molecule has 3 atom stereocenters. The maximum atomic E-state index is 14.0. The van der Waals surface area contributed by atoms with Crippen molar-refractivity contribution in [2.45, 2.75) is 70.7 Å². The number of thiazole rings is 1. The lowest BCUT2D eigenvalue weighted by Gasteiger charge is -2.34. The molecular formula is C33H44FN5O5S2. The molecule has 0 bridgehead atoms. The fraction of sp³-hybridized carbons (Fsp3) is 0.485. The average molecular weight is 674 g/mol. The van der Waals surface area contributed by atoms with Gasteiger partial charge in [0.25, 0.3) is 0 Å². The smallest absolute Gasteiger partial charge is 0.321 e. The molecule has 0 spiro atoms. The highest BCUT2D eigenvalue weighted by molar-refractivity contribution is 7.89. The first-order chi connectivity index (χ1) is 21.8. The van der Waals surface area contributed by atoms with Crippen LogP contribution in [0.15, 0.2) is 64.9 Å². The summed E-state index contributed by atoms with van der Waals surface area (Å²) in [4.78, 5) is 35.0. The molecule has 2 heterocycles. The van der Waals surface area contributed by atoms with Crippen LogP contribution in [0, 0.1) is 24.6 Å². The van der Waals surface area contributed by atoms with Gasteiger partial charge in [-0.2, -0.15) is 4.31 Å². The van der Waals surface area contributed by atoms with Gasteiger partial charge in [0, 0.05) is 31.6 Å². The Morgan fingerprint density at radius 2 is 1.80 bits per heavy atom. The van der Waals surface area contributed by atoms with Crippen LogP contribution in [0.5, 0.6) is 0 Å². The summed E-state index contributed by atoms with van der Waals surface area (Å²) in [5.41, 5.74) is 1.63. The van der Waals surface area contributed by atoms with Crippen molar-refractivity contribution in [2.75, 3.05) is 26.2 Å². The number of benzene rings is 2. The van der Waals surface area contributed by atoms with E-state index in [0.717, 1.165) is 26.6 Å². The van der Waals surface area contributed by atoms with E-state index < -0.39 is 39.9 Å². The number of sulfonamides is 1. The highest BCUT2D eigenvalue weighted by atomic mass is 32.2. The van der Waals surface area contributed by atoms with E-state index in [0.29, 0.717) is 19.6 Å². The third-order valence-corrected chi connectivity index (χ3v) is 10.5. The third-order valence-electron chi connectivity index (χ3n) is 7.87. The van der Waals surface area contributed by atoms with Crippen molar-refractivity contribution in [1.29, 1.82) is 0 Å². The van der Waals surface area contributed by atoms with Crippen LogP contribution in [0.25, 0.3) is 0 Å². The second kappa shape index (κ2) is 15.5. The van der Waals surface area contributed by atoms with Crippen molar-refractivity contribution in [3.63, 3.8) is 0 Å². The van der Waals surface area contributed by atoms with Crippen molar-refractivity contribution in [2.24, 2.45) is 11.8 Å². The number of aliphatic hydroxyl groups excluding tert-OH is 1. The molecule has 2 aromatic carbocycles. The Bertz CT molecular complexity index is 1580. The van der Waals surface area contributed by atoms with Crippen molar-refractivity contribution < 1.29 is 27.5 Å². The van der Waals surface area contributed by atoms with Gasteiger partial charge in [0.15, 0.2) is 0 Å². The third kappa shape index (κ3) is 8.90. The molecule has 3 amide bonds. The Kier molecular flexibility index (Phi) is 11.9. The fourth-order valence-corrected chi connectivity index (χ4v) is 7.95. The summed E-state index contributed by atoms with van der Waals surface area (Å²) in [6.07, 6.45) is -1.10. The summed E-state index contributed by atoms with van der Waals surface area (Å²) in [6, 6.07) is 12.1. The average Bonchev–Trinajstić information content (AvgIpc) is 3.57. The molecule has 3 aromatic rings. The first-order valence-electron chi connectivity index (χ1n) is 15.5. The summed E-state index contributed by atoms with van der Waals surface area (Å²) in [5, 5.41) is 17.4. The normalized spacial score (nSPS) is 16.0. The second-order valence-electron chi connectivity index (χ2n) is 12.5. The number of aryl methyl sites for hydroxylation is 1. The predicted octanol–water partition coefficient (Wildman–Crippen LogP) is 4.29. The number of carbonyl (C=O) groups is 2. The lowest BCUT2D eigenvalue weighted by atomic mass is 9.97. The predicted molar refractivity (Wildman–Crippen MR) is 176 cm³/mol. The van der Waals surface area contributed by atoms with Crippen molar-refractivity contribution in [1.82, 2.24) is 24.4 Å². The lowest BCUT2D eigenvalue weighted by molar-refractivity contribution is -0.128. The van der Waals surface area contributed by atoms with Gasteiger partial charge in [-0.05, 0) is 48.9 Å². The molecule has 1 saturated heterocycles. The van der Waals surface area contributed by atoms with Gasteiger partial charge in [-0.3, -0.25) is 4.79 Å². The molecule has 0 aliphatic carbocycles. The van der Waals surface area contributed by atoms with Gasteiger partial charge < -0.3 is 20.2 Å². The zero-order valence-corrected chi connectivity index (χ0v) is 28.6. The van der Waals surface area contributed by atoms with Crippen LogP contribution in [0.2, 0.25) is 0 Å². The van der Waals surface area contributed by atoms with E-state index in [1.54, 1.807) is 9.80 Å². The van der Waals surface area contributed by atoms with Crippen LogP contribution >= 0.6 is 11.3 Å². The molecule has 13 heteroatoms. The highest BCUT2D eigenvalue weighted by Crippen LogP contribution is 2.23. The minimum atomic E-state index is -4.17. The van der Waals surface area contributed by atoms with Gasteiger partial charge >= 0.3 is 6.03 Å². The Morgan fingerprint density at radius 3 is 2.41 bits per heavy atom. The van der Waals surface area contributed by atoms with Gasteiger partial charge in [0.2, 0.25) is 15.9 Å². The Balaban J connectivity index is 1.57.